The molecule has 2 heterocycles. The summed E-state index contributed by atoms with van der Waals surface area (Å²) in [6, 6.07) is 5.76. The monoisotopic (exact) mass is 430 g/mol. The first-order valence-corrected chi connectivity index (χ1v) is 12.0. The SMILES string of the molecule is Cc1cc(CN2CCSCC2)ccc1NC(=O)CCN1C(=O)NC2(CCCC2)C1=O. The van der Waals surface area contributed by atoms with Crippen LogP contribution in [0.4, 0.5) is 10.5 Å². The summed E-state index contributed by atoms with van der Waals surface area (Å²) < 4.78 is 0. The van der Waals surface area contributed by atoms with Gasteiger partial charge in [-0.05, 0) is 37.0 Å². The van der Waals surface area contributed by atoms with Crippen LogP contribution >= 0.6 is 11.8 Å². The zero-order chi connectivity index (χ0) is 21.1. The molecule has 4 amide bonds. The van der Waals surface area contributed by atoms with E-state index in [9.17, 15) is 14.4 Å². The molecule has 8 heteroatoms. The van der Waals surface area contributed by atoms with Crippen molar-refractivity contribution in [2.24, 2.45) is 0 Å². The van der Waals surface area contributed by atoms with Gasteiger partial charge in [-0.25, -0.2) is 4.79 Å². The number of rotatable bonds is 6. The third-order valence-corrected chi connectivity index (χ3v) is 7.28. The number of hydrogen-bond donors (Lipinski definition) is 2. The second-order valence-electron chi connectivity index (χ2n) is 8.51. The lowest BCUT2D eigenvalue weighted by molar-refractivity contribution is -0.131. The molecule has 7 nitrogen and oxygen atoms in total. The fourth-order valence-electron chi connectivity index (χ4n) is 4.60. The van der Waals surface area contributed by atoms with Crippen LogP contribution in [0, 0.1) is 6.92 Å². The molecule has 1 aliphatic carbocycles. The van der Waals surface area contributed by atoms with Gasteiger partial charge in [-0.15, -0.1) is 0 Å². The zero-order valence-electron chi connectivity index (χ0n) is 17.5. The van der Waals surface area contributed by atoms with E-state index in [1.165, 1.54) is 22.0 Å². The Hall–Kier alpha value is -2.06. The summed E-state index contributed by atoms with van der Waals surface area (Å²) in [5.74, 6) is 2.01. The summed E-state index contributed by atoms with van der Waals surface area (Å²) in [7, 11) is 0. The Labute approximate surface area is 181 Å². The highest BCUT2D eigenvalue weighted by Crippen LogP contribution is 2.35. The summed E-state index contributed by atoms with van der Waals surface area (Å²) in [6.45, 7) is 5.27. The molecule has 0 unspecified atom stereocenters. The van der Waals surface area contributed by atoms with Gasteiger partial charge in [0.1, 0.15) is 5.54 Å². The van der Waals surface area contributed by atoms with Gasteiger partial charge in [0, 0.05) is 49.8 Å². The number of amides is 4. The summed E-state index contributed by atoms with van der Waals surface area (Å²) in [5.41, 5.74) is 2.33. The van der Waals surface area contributed by atoms with Gasteiger partial charge in [-0.2, -0.15) is 11.8 Å². The van der Waals surface area contributed by atoms with E-state index >= 15 is 0 Å². The number of urea groups is 1. The van der Waals surface area contributed by atoms with E-state index in [1.54, 1.807) is 0 Å². The Kier molecular flexibility index (Phi) is 6.34. The van der Waals surface area contributed by atoms with Gasteiger partial charge in [-0.3, -0.25) is 19.4 Å². The van der Waals surface area contributed by atoms with E-state index in [4.69, 9.17) is 0 Å². The number of nitrogens with one attached hydrogen (secondary N) is 2. The quantitative estimate of drug-likeness (QED) is 0.678. The Morgan fingerprint density at radius 1 is 1.20 bits per heavy atom. The lowest BCUT2D eigenvalue weighted by atomic mass is 9.98. The van der Waals surface area contributed by atoms with Crippen LogP contribution < -0.4 is 10.6 Å². The smallest absolute Gasteiger partial charge is 0.325 e. The second-order valence-corrected chi connectivity index (χ2v) is 9.74. The van der Waals surface area contributed by atoms with Gasteiger partial charge in [0.15, 0.2) is 0 Å². The highest BCUT2D eigenvalue weighted by Gasteiger charge is 2.52. The van der Waals surface area contributed by atoms with Gasteiger partial charge in [0.2, 0.25) is 5.91 Å². The molecule has 0 bridgehead atoms. The maximum Gasteiger partial charge on any atom is 0.325 e. The van der Waals surface area contributed by atoms with Gasteiger partial charge in [0.05, 0.1) is 0 Å². The molecule has 2 saturated heterocycles. The van der Waals surface area contributed by atoms with Crippen molar-refractivity contribution in [3.05, 3.63) is 29.3 Å². The number of aryl methyl sites for hydroxylation is 1. The maximum absolute atomic E-state index is 12.7. The molecule has 2 N–H and O–H groups in total. The van der Waals surface area contributed by atoms with E-state index in [1.807, 2.05) is 24.8 Å². The molecular formula is C22H30N4O3S. The van der Waals surface area contributed by atoms with Crippen molar-refractivity contribution in [2.75, 3.05) is 36.5 Å². The highest BCUT2D eigenvalue weighted by atomic mass is 32.2. The molecule has 1 aromatic carbocycles. The number of anilines is 1. The van der Waals surface area contributed by atoms with Crippen molar-refractivity contribution in [3.8, 4) is 0 Å². The van der Waals surface area contributed by atoms with Gasteiger partial charge in [0.25, 0.3) is 5.91 Å². The van der Waals surface area contributed by atoms with Crippen LogP contribution in [0.15, 0.2) is 18.2 Å². The minimum atomic E-state index is -0.715. The number of carbonyl (C=O) groups excluding carboxylic acids is 3. The van der Waals surface area contributed by atoms with Crippen LogP contribution in [0.3, 0.4) is 0 Å². The van der Waals surface area contributed by atoms with E-state index in [0.717, 1.165) is 43.7 Å². The molecule has 2 aliphatic heterocycles. The average molecular weight is 431 g/mol. The first-order chi connectivity index (χ1) is 14.5. The molecule has 1 spiro atoms. The second kappa shape index (κ2) is 8.98. The van der Waals surface area contributed by atoms with Gasteiger partial charge in [-0.1, -0.05) is 25.0 Å². The van der Waals surface area contributed by atoms with Crippen LogP contribution in [0.25, 0.3) is 0 Å². The molecule has 3 fully saturated rings. The predicted octanol–water partition coefficient (Wildman–Crippen LogP) is 2.74. The topological polar surface area (TPSA) is 81.8 Å². The summed E-state index contributed by atoms with van der Waals surface area (Å²) in [4.78, 5) is 41.0. The van der Waals surface area contributed by atoms with E-state index < -0.39 is 5.54 Å². The Balaban J connectivity index is 1.29. The number of imide groups is 1. The molecule has 0 atom stereocenters. The Morgan fingerprint density at radius 2 is 1.93 bits per heavy atom. The van der Waals surface area contributed by atoms with Crippen LogP contribution in [-0.2, 0) is 16.1 Å². The predicted molar refractivity (Wildman–Crippen MR) is 118 cm³/mol. The van der Waals surface area contributed by atoms with Crippen molar-refractivity contribution < 1.29 is 14.4 Å². The molecule has 162 valence electrons. The molecule has 0 radical (unpaired) electrons. The highest BCUT2D eigenvalue weighted by molar-refractivity contribution is 7.99. The third-order valence-electron chi connectivity index (χ3n) is 6.34. The Morgan fingerprint density at radius 3 is 2.63 bits per heavy atom. The summed E-state index contributed by atoms with van der Waals surface area (Å²) in [6.07, 6.45) is 3.39. The van der Waals surface area contributed by atoms with Crippen molar-refractivity contribution >= 4 is 35.3 Å². The summed E-state index contributed by atoms with van der Waals surface area (Å²) >= 11 is 2.00. The normalized spacial score (nSPS) is 21.3. The summed E-state index contributed by atoms with van der Waals surface area (Å²) in [5, 5.41) is 5.78. The first kappa shape index (κ1) is 21.2. The number of benzene rings is 1. The fourth-order valence-corrected chi connectivity index (χ4v) is 5.58. The molecule has 4 rings (SSSR count). The third kappa shape index (κ3) is 4.49. The molecule has 30 heavy (non-hydrogen) atoms. The Bertz CT molecular complexity index is 832. The van der Waals surface area contributed by atoms with Crippen molar-refractivity contribution in [3.63, 3.8) is 0 Å². The molecule has 1 saturated carbocycles. The molecule has 3 aliphatic rings. The lowest BCUT2D eigenvalue weighted by Gasteiger charge is -2.26. The molecular weight excluding hydrogens is 400 g/mol. The largest absolute Gasteiger partial charge is 0.326 e. The van der Waals surface area contributed by atoms with Crippen LogP contribution in [0.2, 0.25) is 0 Å². The molecule has 1 aromatic rings. The number of thioether (sulfide) groups is 1. The van der Waals surface area contributed by atoms with Gasteiger partial charge >= 0.3 is 6.03 Å². The number of nitrogens with zero attached hydrogens (tertiary/aromatic N) is 2. The van der Waals surface area contributed by atoms with Crippen LogP contribution in [-0.4, -0.2) is 64.3 Å². The lowest BCUT2D eigenvalue weighted by Crippen LogP contribution is -2.44. The average Bonchev–Trinajstić information content (AvgIpc) is 3.28. The zero-order valence-corrected chi connectivity index (χ0v) is 18.4. The minimum Gasteiger partial charge on any atom is -0.326 e. The van der Waals surface area contributed by atoms with E-state index in [-0.39, 0.29) is 30.8 Å². The van der Waals surface area contributed by atoms with Crippen molar-refractivity contribution in [1.82, 2.24) is 15.1 Å². The van der Waals surface area contributed by atoms with E-state index in [0.29, 0.717) is 12.8 Å². The van der Waals surface area contributed by atoms with Gasteiger partial charge < -0.3 is 10.6 Å². The standard InChI is InChI=1S/C22H30N4O3S/c1-16-14-17(15-25-10-12-30-13-11-25)4-5-18(16)23-19(27)6-9-26-20(28)22(24-21(26)29)7-2-3-8-22/h4-5,14H,2-3,6-13,15H2,1H3,(H,23,27)(H,24,29). The van der Waals surface area contributed by atoms with Crippen molar-refractivity contribution in [1.29, 1.82) is 0 Å². The fraction of sp³-hybridized carbons (Fsp3) is 0.591. The first-order valence-electron chi connectivity index (χ1n) is 10.8. The molecule has 0 aromatic heterocycles. The number of hydrogen-bond acceptors (Lipinski definition) is 5. The number of carbonyl (C=O) groups is 3. The minimum absolute atomic E-state index is 0.0991. The van der Waals surface area contributed by atoms with Crippen LogP contribution in [0.5, 0.6) is 0 Å². The maximum atomic E-state index is 12.7. The van der Waals surface area contributed by atoms with E-state index in [2.05, 4.69) is 27.7 Å². The van der Waals surface area contributed by atoms with Crippen molar-refractivity contribution in [2.45, 2.75) is 51.1 Å². The van der Waals surface area contributed by atoms with Crippen LogP contribution in [0.1, 0.15) is 43.2 Å².